The van der Waals surface area contributed by atoms with Gasteiger partial charge in [0.15, 0.2) is 5.69 Å². The summed E-state index contributed by atoms with van der Waals surface area (Å²) in [6.07, 6.45) is 3.77. The molecule has 4 aromatic rings. The molecule has 14 heteroatoms. The zero-order chi connectivity index (χ0) is 31.2. The summed E-state index contributed by atoms with van der Waals surface area (Å²) in [5.41, 5.74) is 3.25. The van der Waals surface area contributed by atoms with E-state index in [4.69, 9.17) is 15.0 Å². The third-order valence-corrected chi connectivity index (χ3v) is 9.45. The fourth-order valence-electron chi connectivity index (χ4n) is 5.39. The third kappa shape index (κ3) is 6.01. The summed E-state index contributed by atoms with van der Waals surface area (Å²) in [5.74, 6) is -1.86. The van der Waals surface area contributed by atoms with E-state index in [0.29, 0.717) is 59.2 Å². The van der Waals surface area contributed by atoms with E-state index in [9.17, 15) is 22.4 Å². The summed E-state index contributed by atoms with van der Waals surface area (Å²) in [6, 6.07) is 8.21. The molecule has 2 N–H and O–H groups in total. The first-order chi connectivity index (χ1) is 21.0. The van der Waals surface area contributed by atoms with E-state index in [1.807, 2.05) is 0 Å². The van der Waals surface area contributed by atoms with Crippen LogP contribution in [0, 0.1) is 17.6 Å². The van der Waals surface area contributed by atoms with E-state index in [2.05, 4.69) is 4.98 Å². The molecule has 2 aromatic heterocycles. The molecule has 2 fully saturated rings. The number of halogens is 2. The summed E-state index contributed by atoms with van der Waals surface area (Å²) in [5, 5.41) is 12.1. The van der Waals surface area contributed by atoms with Crippen LogP contribution in [0.4, 0.5) is 14.5 Å². The van der Waals surface area contributed by atoms with Gasteiger partial charge in [-0.25, -0.2) is 36.8 Å². The van der Waals surface area contributed by atoms with E-state index in [-0.39, 0.29) is 30.3 Å². The molecule has 1 amide bonds. The summed E-state index contributed by atoms with van der Waals surface area (Å²) >= 11 is 1.21. The smallest absolute Gasteiger partial charge is 0.357 e. The van der Waals surface area contributed by atoms with E-state index in [0.717, 1.165) is 30.7 Å². The molecule has 6 rings (SSSR count). The standard InChI is InChI=1S/C30H29F2N5O5S2/c1-2-42-29(39)23-16-43-30(34-23)37-24(14-17-5-6-17)20(12-18-7-10-26(22(32)13-18)44(33,40)41)28(35-37)19-8-9-21(31)25(15-19)36-11-3-4-27(36)38/h7-10,13,15-17H,2-6,11-12,14H2,1H3,(H2,33,40,41). The Kier molecular flexibility index (Phi) is 8.07. The number of aromatic nitrogens is 3. The van der Waals surface area contributed by atoms with Crippen LogP contribution in [-0.2, 0) is 32.4 Å². The Hall–Kier alpha value is -4.01. The van der Waals surface area contributed by atoms with Gasteiger partial charge in [0.25, 0.3) is 0 Å². The minimum absolute atomic E-state index is 0.139. The topological polar surface area (TPSA) is 137 Å². The number of carbonyl (C=O) groups excluding carboxylic acids is 2. The molecule has 1 aliphatic carbocycles. The van der Waals surface area contributed by atoms with Crippen LogP contribution in [-0.4, -0.2) is 48.2 Å². The van der Waals surface area contributed by atoms with Gasteiger partial charge in [0.1, 0.15) is 16.5 Å². The quantitative estimate of drug-likeness (QED) is 0.246. The third-order valence-electron chi connectivity index (χ3n) is 7.69. The Morgan fingerprint density at radius 3 is 2.61 bits per heavy atom. The van der Waals surface area contributed by atoms with Crippen molar-refractivity contribution in [2.24, 2.45) is 11.1 Å². The molecular weight excluding hydrogens is 612 g/mol. The van der Waals surface area contributed by atoms with Crippen LogP contribution < -0.4 is 10.0 Å². The van der Waals surface area contributed by atoms with Crippen LogP contribution in [0.2, 0.25) is 0 Å². The number of hydrogen-bond acceptors (Lipinski definition) is 8. The van der Waals surface area contributed by atoms with Crippen molar-refractivity contribution in [3.05, 3.63) is 75.9 Å². The highest BCUT2D eigenvalue weighted by Crippen LogP contribution is 2.39. The van der Waals surface area contributed by atoms with Gasteiger partial charge in [-0.2, -0.15) is 5.10 Å². The monoisotopic (exact) mass is 641 g/mol. The van der Waals surface area contributed by atoms with Crippen molar-refractivity contribution >= 4 is 38.9 Å². The van der Waals surface area contributed by atoms with Gasteiger partial charge in [-0.15, -0.1) is 11.3 Å². The second-order valence-electron chi connectivity index (χ2n) is 10.9. The first kappa shape index (κ1) is 30.0. The lowest BCUT2D eigenvalue weighted by Gasteiger charge is -2.17. The zero-order valence-electron chi connectivity index (χ0n) is 23.8. The van der Waals surface area contributed by atoms with Crippen LogP contribution >= 0.6 is 11.3 Å². The Morgan fingerprint density at radius 1 is 1.16 bits per heavy atom. The van der Waals surface area contributed by atoms with Crippen LogP contribution in [0.3, 0.4) is 0 Å². The van der Waals surface area contributed by atoms with Crippen molar-refractivity contribution < 1.29 is 31.5 Å². The SMILES string of the molecule is CCOC(=O)c1csc(-n2nc(-c3ccc(F)c(N4CCCC4=O)c3)c(Cc3ccc(S(N)(=O)=O)c(F)c3)c2CC2CC2)n1. The highest BCUT2D eigenvalue weighted by Gasteiger charge is 2.31. The van der Waals surface area contributed by atoms with Crippen LogP contribution in [0.15, 0.2) is 46.7 Å². The lowest BCUT2D eigenvalue weighted by Crippen LogP contribution is -2.24. The molecule has 0 unspecified atom stereocenters. The van der Waals surface area contributed by atoms with Gasteiger partial charge in [0.05, 0.1) is 23.7 Å². The zero-order valence-corrected chi connectivity index (χ0v) is 25.4. The number of nitrogens with zero attached hydrogens (tertiary/aromatic N) is 4. The summed E-state index contributed by atoms with van der Waals surface area (Å²) in [6.45, 7) is 2.30. The molecule has 0 bridgehead atoms. The molecule has 10 nitrogen and oxygen atoms in total. The summed E-state index contributed by atoms with van der Waals surface area (Å²) < 4.78 is 60.3. The maximum absolute atomic E-state index is 15.0. The molecule has 1 saturated heterocycles. The second kappa shape index (κ2) is 11.8. The van der Waals surface area contributed by atoms with Gasteiger partial charge in [0, 0.05) is 35.9 Å². The molecule has 2 aliphatic rings. The Labute approximate surface area is 256 Å². The molecule has 0 atom stereocenters. The van der Waals surface area contributed by atoms with E-state index < -0.39 is 32.5 Å². The number of primary sulfonamides is 1. The Morgan fingerprint density at radius 2 is 1.95 bits per heavy atom. The number of hydrogen-bond donors (Lipinski definition) is 1. The Bertz CT molecular complexity index is 1880. The van der Waals surface area contributed by atoms with Crippen LogP contribution in [0.5, 0.6) is 0 Å². The van der Waals surface area contributed by atoms with Crippen molar-refractivity contribution in [1.29, 1.82) is 0 Å². The number of carbonyl (C=O) groups is 2. The molecule has 0 radical (unpaired) electrons. The number of amides is 1. The minimum Gasteiger partial charge on any atom is -0.461 e. The molecule has 1 saturated carbocycles. The predicted octanol–water partition coefficient (Wildman–Crippen LogP) is 4.77. The van der Waals surface area contributed by atoms with Gasteiger partial charge in [0.2, 0.25) is 21.1 Å². The first-order valence-electron chi connectivity index (χ1n) is 14.2. The van der Waals surface area contributed by atoms with Gasteiger partial charge in [-0.3, -0.25) is 4.79 Å². The van der Waals surface area contributed by atoms with Gasteiger partial charge in [-0.1, -0.05) is 6.07 Å². The molecule has 2 aromatic carbocycles. The molecule has 3 heterocycles. The maximum Gasteiger partial charge on any atom is 0.357 e. The first-order valence-corrected chi connectivity index (χ1v) is 16.6. The molecule has 44 heavy (non-hydrogen) atoms. The highest BCUT2D eigenvalue weighted by molar-refractivity contribution is 7.89. The highest BCUT2D eigenvalue weighted by atomic mass is 32.2. The van der Waals surface area contributed by atoms with Crippen molar-refractivity contribution in [2.75, 3.05) is 18.1 Å². The number of rotatable bonds is 10. The van der Waals surface area contributed by atoms with E-state index in [1.54, 1.807) is 29.1 Å². The van der Waals surface area contributed by atoms with Crippen molar-refractivity contribution in [1.82, 2.24) is 14.8 Å². The van der Waals surface area contributed by atoms with Gasteiger partial charge in [-0.05, 0) is 74.4 Å². The maximum atomic E-state index is 15.0. The predicted molar refractivity (Wildman–Crippen MR) is 159 cm³/mol. The lowest BCUT2D eigenvalue weighted by atomic mass is 9.96. The van der Waals surface area contributed by atoms with Gasteiger partial charge < -0.3 is 9.64 Å². The number of esters is 1. The Balaban J connectivity index is 1.51. The van der Waals surface area contributed by atoms with E-state index >= 15 is 4.39 Å². The fraction of sp³-hybridized carbons (Fsp3) is 0.333. The normalized spacial score (nSPS) is 15.3. The summed E-state index contributed by atoms with van der Waals surface area (Å²) in [7, 11) is -4.26. The average molecular weight is 642 g/mol. The minimum atomic E-state index is -4.26. The van der Waals surface area contributed by atoms with Gasteiger partial charge >= 0.3 is 5.97 Å². The second-order valence-corrected chi connectivity index (χ2v) is 13.2. The number of nitrogens with two attached hydrogens (primary N) is 1. The number of sulfonamides is 1. The van der Waals surface area contributed by atoms with Crippen molar-refractivity contribution in [3.8, 4) is 16.4 Å². The lowest BCUT2D eigenvalue weighted by molar-refractivity contribution is -0.117. The number of ether oxygens (including phenoxy) is 1. The number of benzene rings is 2. The molecular formula is C30H29F2N5O5S2. The summed E-state index contributed by atoms with van der Waals surface area (Å²) in [4.78, 5) is 30.2. The average Bonchev–Trinajstić information content (AvgIpc) is 3.32. The van der Waals surface area contributed by atoms with E-state index in [1.165, 1.54) is 28.4 Å². The van der Waals surface area contributed by atoms with Crippen LogP contribution in [0.1, 0.15) is 59.9 Å². The number of thiazole rings is 1. The van der Waals surface area contributed by atoms with Crippen molar-refractivity contribution in [2.45, 2.75) is 50.3 Å². The van der Waals surface area contributed by atoms with Crippen molar-refractivity contribution in [3.63, 3.8) is 0 Å². The molecule has 1 aliphatic heterocycles. The van der Waals surface area contributed by atoms with Crippen LogP contribution in [0.25, 0.3) is 16.4 Å². The number of anilines is 1. The fourth-order valence-corrected chi connectivity index (χ4v) is 6.74. The molecule has 0 spiro atoms. The largest absolute Gasteiger partial charge is 0.461 e. The molecule has 230 valence electrons.